The minimum atomic E-state index is -0.463. The average Bonchev–Trinajstić information content (AvgIpc) is 2.77. The van der Waals surface area contributed by atoms with Gasteiger partial charge in [0.15, 0.2) is 0 Å². The first-order chi connectivity index (χ1) is 9.88. The van der Waals surface area contributed by atoms with Crippen molar-refractivity contribution in [2.24, 2.45) is 0 Å². The molecule has 1 aromatic carbocycles. The minimum absolute atomic E-state index is 0.0279. The lowest BCUT2D eigenvalue weighted by Gasteiger charge is -1.95. The molecule has 0 unspecified atom stereocenters. The second-order valence-corrected chi connectivity index (χ2v) is 4.79. The first-order valence-corrected chi connectivity index (χ1v) is 6.27. The molecular formula is C16H14FNO3. The lowest BCUT2D eigenvalue weighted by atomic mass is 10.2. The highest BCUT2D eigenvalue weighted by molar-refractivity contribution is 5.58. The van der Waals surface area contributed by atoms with Crippen LogP contribution in [-0.2, 0) is 0 Å². The Kier molecular flexibility index (Phi) is 4.03. The molecule has 4 nitrogen and oxygen atoms in total. The van der Waals surface area contributed by atoms with Crippen molar-refractivity contribution < 1.29 is 13.7 Å². The maximum Gasteiger partial charge on any atom is 0.271 e. The molecule has 0 aliphatic carbocycles. The highest BCUT2D eigenvalue weighted by atomic mass is 19.1. The third-order valence-corrected chi connectivity index (χ3v) is 2.95. The van der Waals surface area contributed by atoms with Gasteiger partial charge in [0, 0.05) is 16.4 Å². The highest BCUT2D eigenvalue weighted by Crippen LogP contribution is 2.17. The molecule has 0 saturated heterocycles. The van der Waals surface area contributed by atoms with Crippen molar-refractivity contribution >= 4 is 12.7 Å². The summed E-state index contributed by atoms with van der Waals surface area (Å²) in [6.45, 7) is 7.12. The molecule has 2 aromatic rings. The Morgan fingerprint density at radius 3 is 2.48 bits per heavy atom. The van der Waals surface area contributed by atoms with E-state index in [1.165, 1.54) is 18.2 Å². The van der Waals surface area contributed by atoms with E-state index in [4.69, 9.17) is 4.42 Å². The standard InChI is InChI=1S/C16H14FNO3/c1-10(2)14(18(19)20)9-15-11(3)8-16(21-15)12-4-6-13(17)7-5-12/h4-9H,3H2,1-2H3/b15-9+. The molecule has 5 heteroatoms. The molecule has 0 bridgehead atoms. The molecule has 2 rings (SSSR count). The fraction of sp³-hybridized carbons (Fsp3) is 0.125. The lowest BCUT2D eigenvalue weighted by Crippen LogP contribution is -2.18. The van der Waals surface area contributed by atoms with Crippen LogP contribution in [0.1, 0.15) is 13.8 Å². The Morgan fingerprint density at radius 2 is 1.95 bits per heavy atom. The number of hydrogen-bond donors (Lipinski definition) is 0. The van der Waals surface area contributed by atoms with E-state index in [2.05, 4.69) is 6.58 Å². The van der Waals surface area contributed by atoms with E-state index in [0.717, 1.165) is 0 Å². The number of rotatable bonds is 3. The summed E-state index contributed by atoms with van der Waals surface area (Å²) in [5.74, 6) is 0.148. The maximum absolute atomic E-state index is 12.9. The monoisotopic (exact) mass is 287 g/mol. The van der Waals surface area contributed by atoms with Gasteiger partial charge < -0.3 is 4.42 Å². The van der Waals surface area contributed by atoms with E-state index < -0.39 is 4.92 Å². The third kappa shape index (κ3) is 3.25. The summed E-state index contributed by atoms with van der Waals surface area (Å²) in [4.78, 5) is 10.5. The van der Waals surface area contributed by atoms with Gasteiger partial charge in [-0.25, -0.2) is 4.39 Å². The van der Waals surface area contributed by atoms with Crippen LogP contribution in [0.3, 0.4) is 0 Å². The van der Waals surface area contributed by atoms with Gasteiger partial charge in [0.1, 0.15) is 17.0 Å². The van der Waals surface area contributed by atoms with Crippen LogP contribution in [0, 0.1) is 15.9 Å². The number of nitrogens with zero attached hydrogens (tertiary/aromatic N) is 1. The Morgan fingerprint density at radius 1 is 1.33 bits per heavy atom. The molecule has 0 saturated carbocycles. The molecule has 0 N–H and O–H groups in total. The number of furan rings is 1. The first kappa shape index (κ1) is 14.7. The lowest BCUT2D eigenvalue weighted by molar-refractivity contribution is -0.417. The zero-order valence-corrected chi connectivity index (χ0v) is 11.7. The molecule has 0 aliphatic heterocycles. The van der Waals surface area contributed by atoms with Gasteiger partial charge in [-0.15, -0.1) is 0 Å². The Labute approximate surface area is 120 Å². The fourth-order valence-corrected chi connectivity index (χ4v) is 1.83. The topological polar surface area (TPSA) is 56.3 Å². The molecule has 21 heavy (non-hydrogen) atoms. The molecule has 0 radical (unpaired) electrons. The van der Waals surface area contributed by atoms with E-state index in [0.29, 0.717) is 27.5 Å². The number of hydrogen-bond acceptors (Lipinski definition) is 3. The van der Waals surface area contributed by atoms with Crippen molar-refractivity contribution in [1.82, 2.24) is 0 Å². The van der Waals surface area contributed by atoms with E-state index in [-0.39, 0.29) is 11.5 Å². The molecule has 0 atom stereocenters. The predicted molar refractivity (Wildman–Crippen MR) is 78.7 cm³/mol. The first-order valence-electron chi connectivity index (χ1n) is 6.27. The van der Waals surface area contributed by atoms with Crippen molar-refractivity contribution in [2.75, 3.05) is 0 Å². The van der Waals surface area contributed by atoms with Gasteiger partial charge in [-0.05, 0) is 44.2 Å². The third-order valence-electron chi connectivity index (χ3n) is 2.95. The SMILES string of the molecule is C=c1cc(-c2ccc(F)cc2)o/c1=C/C(=C(C)C)[N+](=O)[O-]. The van der Waals surface area contributed by atoms with Crippen LogP contribution in [0.5, 0.6) is 0 Å². The number of allylic oxidation sites excluding steroid dienone is 2. The summed E-state index contributed by atoms with van der Waals surface area (Å²) in [5.41, 5.74) is 1.54. The normalized spacial score (nSPS) is 11.5. The molecule has 0 aliphatic rings. The van der Waals surface area contributed by atoms with Gasteiger partial charge in [0.25, 0.3) is 5.70 Å². The predicted octanol–water partition coefficient (Wildman–Crippen LogP) is 2.85. The van der Waals surface area contributed by atoms with Crippen LogP contribution in [0.25, 0.3) is 24.0 Å². The van der Waals surface area contributed by atoms with Gasteiger partial charge in [0.2, 0.25) is 0 Å². The molecule has 1 aromatic heterocycles. The van der Waals surface area contributed by atoms with E-state index in [1.807, 2.05) is 0 Å². The molecular weight excluding hydrogens is 273 g/mol. The largest absolute Gasteiger partial charge is 0.456 e. The Balaban J connectivity index is 2.54. The second-order valence-electron chi connectivity index (χ2n) is 4.79. The Bertz CT molecular complexity index is 812. The summed E-state index contributed by atoms with van der Waals surface area (Å²) < 4.78 is 18.5. The van der Waals surface area contributed by atoms with Gasteiger partial charge >= 0.3 is 0 Å². The molecule has 0 fully saturated rings. The van der Waals surface area contributed by atoms with Crippen molar-refractivity contribution in [3.8, 4) is 11.3 Å². The van der Waals surface area contributed by atoms with Gasteiger partial charge in [-0.3, -0.25) is 10.1 Å². The minimum Gasteiger partial charge on any atom is -0.456 e. The smallest absolute Gasteiger partial charge is 0.271 e. The fourth-order valence-electron chi connectivity index (χ4n) is 1.83. The Hall–Kier alpha value is -2.69. The molecule has 108 valence electrons. The molecule has 0 spiro atoms. The zero-order chi connectivity index (χ0) is 15.6. The highest BCUT2D eigenvalue weighted by Gasteiger charge is 2.11. The van der Waals surface area contributed by atoms with Crippen LogP contribution < -0.4 is 10.6 Å². The summed E-state index contributed by atoms with van der Waals surface area (Å²) in [6.07, 6.45) is 1.35. The van der Waals surface area contributed by atoms with Crippen LogP contribution in [0.2, 0.25) is 0 Å². The van der Waals surface area contributed by atoms with E-state index >= 15 is 0 Å². The zero-order valence-electron chi connectivity index (χ0n) is 11.7. The number of halogens is 1. The average molecular weight is 287 g/mol. The van der Waals surface area contributed by atoms with E-state index in [1.54, 1.807) is 32.0 Å². The summed E-state index contributed by atoms with van der Waals surface area (Å²) in [7, 11) is 0. The molecule has 0 amide bonds. The van der Waals surface area contributed by atoms with Crippen LogP contribution in [0.15, 0.2) is 46.0 Å². The van der Waals surface area contributed by atoms with E-state index in [9.17, 15) is 14.5 Å². The number of benzene rings is 1. The van der Waals surface area contributed by atoms with Crippen molar-refractivity contribution in [2.45, 2.75) is 13.8 Å². The summed E-state index contributed by atoms with van der Waals surface area (Å²) in [6, 6.07) is 7.46. The van der Waals surface area contributed by atoms with Crippen LogP contribution in [-0.4, -0.2) is 4.92 Å². The van der Waals surface area contributed by atoms with Crippen LogP contribution >= 0.6 is 0 Å². The van der Waals surface area contributed by atoms with Crippen molar-refractivity contribution in [3.63, 3.8) is 0 Å². The van der Waals surface area contributed by atoms with Gasteiger partial charge in [0.05, 0.1) is 11.0 Å². The van der Waals surface area contributed by atoms with Gasteiger partial charge in [-0.1, -0.05) is 6.58 Å². The maximum atomic E-state index is 12.9. The quantitative estimate of drug-likeness (QED) is 0.644. The van der Waals surface area contributed by atoms with Gasteiger partial charge in [-0.2, -0.15) is 0 Å². The van der Waals surface area contributed by atoms with Crippen LogP contribution in [0.4, 0.5) is 4.39 Å². The van der Waals surface area contributed by atoms with Crippen molar-refractivity contribution in [3.05, 3.63) is 68.2 Å². The second kappa shape index (κ2) is 5.75. The van der Waals surface area contributed by atoms with Crippen molar-refractivity contribution in [1.29, 1.82) is 0 Å². The number of nitro groups is 1. The summed E-state index contributed by atoms with van der Waals surface area (Å²) >= 11 is 0. The molecule has 1 heterocycles. The summed E-state index contributed by atoms with van der Waals surface area (Å²) in [5, 5.41) is 11.5.